The second-order valence-electron chi connectivity index (χ2n) is 8.94. The van der Waals surface area contributed by atoms with Gasteiger partial charge in [-0.2, -0.15) is 0 Å². The van der Waals surface area contributed by atoms with Crippen molar-refractivity contribution in [3.05, 3.63) is 65.7 Å². The Labute approximate surface area is 201 Å². The van der Waals surface area contributed by atoms with Crippen LogP contribution in [0.25, 0.3) is 0 Å². The van der Waals surface area contributed by atoms with E-state index in [4.69, 9.17) is 16.2 Å². The monoisotopic (exact) mass is 465 g/mol. The number of ether oxygens (including phenoxy) is 1. The zero-order valence-electron chi connectivity index (χ0n) is 19.6. The lowest BCUT2D eigenvalue weighted by atomic mass is 9.81. The lowest BCUT2D eigenvalue weighted by molar-refractivity contribution is -0.140. The minimum absolute atomic E-state index is 0.101. The average molecular weight is 466 g/mol. The van der Waals surface area contributed by atoms with Crippen molar-refractivity contribution >= 4 is 17.7 Å². The highest BCUT2D eigenvalue weighted by Gasteiger charge is 2.29. The molecule has 0 bridgehead atoms. The first-order chi connectivity index (χ1) is 16.5. The highest BCUT2D eigenvalue weighted by Crippen LogP contribution is 2.28. The number of nitrogens with two attached hydrogens (primary N) is 2. The summed E-state index contributed by atoms with van der Waals surface area (Å²) >= 11 is 0. The van der Waals surface area contributed by atoms with E-state index in [1.807, 2.05) is 18.2 Å². The molecule has 182 valence electrons. The first-order valence-electron chi connectivity index (χ1n) is 12.1. The predicted octanol–water partition coefficient (Wildman–Crippen LogP) is 3.20. The Balaban J connectivity index is 1.61. The topological polar surface area (TPSA) is 125 Å². The fourth-order valence-electron chi connectivity index (χ4n) is 4.31. The lowest BCUT2D eigenvalue weighted by Crippen LogP contribution is -2.46. The molecule has 7 heteroatoms. The van der Waals surface area contributed by atoms with Crippen LogP contribution in [0.3, 0.4) is 0 Å². The van der Waals surface area contributed by atoms with Crippen LogP contribution in [0.1, 0.15) is 60.9 Å². The van der Waals surface area contributed by atoms with Crippen LogP contribution in [0.4, 0.5) is 0 Å². The molecular weight excluding hydrogens is 430 g/mol. The number of carbonyl (C=O) groups is 3. The summed E-state index contributed by atoms with van der Waals surface area (Å²) in [6, 6.07) is 14.7. The summed E-state index contributed by atoms with van der Waals surface area (Å²) in [5.74, 6) is -0.00924. The van der Waals surface area contributed by atoms with Crippen LogP contribution in [0.2, 0.25) is 0 Å². The van der Waals surface area contributed by atoms with E-state index in [9.17, 15) is 14.4 Å². The average Bonchev–Trinajstić information content (AvgIpc) is 2.88. The van der Waals surface area contributed by atoms with Gasteiger partial charge in [-0.1, -0.05) is 30.3 Å². The maximum Gasteiger partial charge on any atom is 0.334 e. The molecule has 1 amide bonds. The molecule has 1 aliphatic carbocycles. The maximum atomic E-state index is 12.9. The van der Waals surface area contributed by atoms with Crippen molar-refractivity contribution in [1.82, 2.24) is 5.32 Å². The van der Waals surface area contributed by atoms with Gasteiger partial charge in [0.05, 0.1) is 0 Å². The van der Waals surface area contributed by atoms with Gasteiger partial charge in [0.15, 0.2) is 5.78 Å². The summed E-state index contributed by atoms with van der Waals surface area (Å²) < 4.78 is 5.56. The van der Waals surface area contributed by atoms with Crippen molar-refractivity contribution in [2.75, 3.05) is 13.1 Å². The van der Waals surface area contributed by atoms with Gasteiger partial charge in [-0.05, 0) is 88.2 Å². The minimum atomic E-state index is -0.739. The van der Waals surface area contributed by atoms with Gasteiger partial charge in [0.25, 0.3) is 0 Å². The molecule has 2 aromatic carbocycles. The zero-order chi connectivity index (χ0) is 24.3. The highest BCUT2D eigenvalue weighted by molar-refractivity contribution is 6.09. The van der Waals surface area contributed by atoms with Crippen LogP contribution in [0, 0.1) is 11.8 Å². The van der Waals surface area contributed by atoms with Gasteiger partial charge in [0.2, 0.25) is 5.91 Å². The summed E-state index contributed by atoms with van der Waals surface area (Å²) in [4.78, 5) is 38.3. The van der Waals surface area contributed by atoms with E-state index in [0.717, 1.165) is 32.1 Å². The number of amides is 1. The van der Waals surface area contributed by atoms with Gasteiger partial charge in [-0.3, -0.25) is 9.59 Å². The molecule has 0 radical (unpaired) electrons. The van der Waals surface area contributed by atoms with Crippen LogP contribution in [-0.2, 0) is 9.59 Å². The Morgan fingerprint density at radius 1 is 0.882 bits per heavy atom. The molecule has 0 unspecified atom stereocenters. The Morgan fingerprint density at radius 2 is 1.53 bits per heavy atom. The Hall–Kier alpha value is -3.03. The summed E-state index contributed by atoms with van der Waals surface area (Å²) in [6.45, 7) is 1.17. The van der Waals surface area contributed by atoms with E-state index in [2.05, 4.69) is 5.32 Å². The van der Waals surface area contributed by atoms with Gasteiger partial charge >= 0.3 is 5.97 Å². The minimum Gasteiger partial charge on any atom is -0.425 e. The third-order valence-electron chi connectivity index (χ3n) is 6.47. The van der Waals surface area contributed by atoms with Crippen molar-refractivity contribution < 1.29 is 19.1 Å². The molecule has 2 aromatic rings. The lowest BCUT2D eigenvalue weighted by Gasteiger charge is -2.28. The molecule has 1 aliphatic rings. The van der Waals surface area contributed by atoms with E-state index in [0.29, 0.717) is 48.7 Å². The molecule has 5 N–H and O–H groups in total. The molecule has 0 saturated heterocycles. The van der Waals surface area contributed by atoms with E-state index in [1.165, 1.54) is 0 Å². The Morgan fingerprint density at radius 3 is 2.15 bits per heavy atom. The maximum absolute atomic E-state index is 12.9. The molecule has 7 nitrogen and oxygen atoms in total. The van der Waals surface area contributed by atoms with Crippen molar-refractivity contribution in [2.45, 2.75) is 51.0 Å². The van der Waals surface area contributed by atoms with Crippen LogP contribution in [0.15, 0.2) is 54.6 Å². The molecule has 1 saturated carbocycles. The SMILES string of the molecule is NCCCC[C@H](NC(=O)C1CCC(CN)CC1)C(=O)Oc1ccc(C(=O)c2ccccc2)cc1. The molecular formula is C27H35N3O4. The molecule has 0 heterocycles. The van der Waals surface area contributed by atoms with Crippen molar-refractivity contribution in [1.29, 1.82) is 0 Å². The molecule has 0 spiro atoms. The number of rotatable bonds is 11. The first-order valence-corrected chi connectivity index (χ1v) is 12.1. The second-order valence-corrected chi connectivity index (χ2v) is 8.94. The van der Waals surface area contributed by atoms with E-state index >= 15 is 0 Å². The number of hydrogen-bond acceptors (Lipinski definition) is 6. The smallest absolute Gasteiger partial charge is 0.334 e. The summed E-state index contributed by atoms with van der Waals surface area (Å²) in [6.07, 6.45) is 5.38. The van der Waals surface area contributed by atoms with Crippen LogP contribution in [0.5, 0.6) is 5.75 Å². The number of nitrogens with one attached hydrogen (secondary N) is 1. The Kier molecular flexibility index (Phi) is 9.79. The van der Waals surface area contributed by atoms with Gasteiger partial charge in [-0.25, -0.2) is 4.79 Å². The van der Waals surface area contributed by atoms with Gasteiger partial charge in [0.1, 0.15) is 11.8 Å². The molecule has 0 aliphatic heterocycles. The summed E-state index contributed by atoms with van der Waals surface area (Å²) in [5, 5.41) is 2.91. The molecule has 1 fully saturated rings. The summed E-state index contributed by atoms with van der Waals surface area (Å²) in [7, 11) is 0. The third-order valence-corrected chi connectivity index (χ3v) is 6.47. The highest BCUT2D eigenvalue weighted by atomic mass is 16.5. The van der Waals surface area contributed by atoms with Crippen molar-refractivity contribution in [2.24, 2.45) is 23.3 Å². The molecule has 1 atom stereocenters. The van der Waals surface area contributed by atoms with Crippen LogP contribution >= 0.6 is 0 Å². The quantitative estimate of drug-likeness (QED) is 0.203. The summed E-state index contributed by atoms with van der Waals surface area (Å²) in [5.41, 5.74) is 12.4. The molecule has 3 rings (SSSR count). The number of carbonyl (C=O) groups excluding carboxylic acids is 3. The van der Waals surface area contributed by atoms with Crippen molar-refractivity contribution in [3.63, 3.8) is 0 Å². The second kappa shape index (κ2) is 13.0. The molecule has 34 heavy (non-hydrogen) atoms. The van der Waals surface area contributed by atoms with Crippen LogP contribution in [-0.4, -0.2) is 36.8 Å². The predicted molar refractivity (Wildman–Crippen MR) is 131 cm³/mol. The van der Waals surface area contributed by atoms with Crippen LogP contribution < -0.4 is 21.5 Å². The fraction of sp³-hybridized carbons (Fsp3) is 0.444. The number of ketones is 1. The Bertz CT molecular complexity index is 938. The largest absolute Gasteiger partial charge is 0.425 e. The van der Waals surface area contributed by atoms with E-state index in [1.54, 1.807) is 36.4 Å². The zero-order valence-corrected chi connectivity index (χ0v) is 19.6. The first kappa shape index (κ1) is 25.6. The number of esters is 1. The normalized spacial score (nSPS) is 18.6. The van der Waals surface area contributed by atoms with Crippen molar-refractivity contribution in [3.8, 4) is 5.75 Å². The number of hydrogen-bond donors (Lipinski definition) is 3. The number of benzene rings is 2. The number of unbranched alkanes of at least 4 members (excludes halogenated alkanes) is 1. The van der Waals surface area contributed by atoms with Gasteiger partial charge in [0, 0.05) is 17.0 Å². The van der Waals surface area contributed by atoms with Gasteiger partial charge in [-0.15, -0.1) is 0 Å². The van der Waals surface area contributed by atoms with E-state index in [-0.39, 0.29) is 17.6 Å². The standard InChI is InChI=1S/C27H35N3O4/c28-17-5-4-8-24(30-26(32)22-11-9-19(18-29)10-12-22)27(33)34-23-15-13-21(14-16-23)25(31)20-6-2-1-3-7-20/h1-3,6-7,13-16,19,22,24H,4-5,8-12,17-18,28-29H2,(H,30,32)/t19?,22?,24-/m0/s1. The van der Waals surface area contributed by atoms with Gasteiger partial charge < -0.3 is 21.5 Å². The third kappa shape index (κ3) is 7.23. The molecule has 0 aromatic heterocycles. The fourth-order valence-corrected chi connectivity index (χ4v) is 4.31. The van der Waals surface area contributed by atoms with E-state index < -0.39 is 12.0 Å².